The minimum Gasteiger partial charge on any atom is -0.340 e. The van der Waals surface area contributed by atoms with Crippen LogP contribution in [0, 0.1) is 5.82 Å². The second-order valence-electron chi connectivity index (χ2n) is 6.47. The van der Waals surface area contributed by atoms with Crippen LogP contribution in [0.3, 0.4) is 0 Å². The third-order valence-corrected chi connectivity index (χ3v) is 4.37. The van der Waals surface area contributed by atoms with Crippen LogP contribution >= 0.6 is 12.4 Å². The number of nitrogens with zero attached hydrogens (tertiary/aromatic N) is 2. The smallest absolute Gasteiger partial charge is 0.224 e. The number of carbonyl (C=O) groups excluding carboxylic acids is 1. The molecule has 3 N–H and O–H groups in total. The van der Waals surface area contributed by atoms with Crippen molar-refractivity contribution < 1.29 is 9.18 Å². The number of benzene rings is 1. The van der Waals surface area contributed by atoms with Crippen LogP contribution in [-0.2, 0) is 4.79 Å². The number of halogens is 2. The Balaban J connectivity index is 0.00000225. The van der Waals surface area contributed by atoms with Crippen LogP contribution in [0.2, 0.25) is 0 Å². The van der Waals surface area contributed by atoms with Crippen molar-refractivity contribution in [2.24, 2.45) is 5.73 Å². The van der Waals surface area contributed by atoms with Gasteiger partial charge in [-0.05, 0) is 38.3 Å². The zero-order chi connectivity index (χ0) is 17.1. The molecular weight excluding hydrogens is 343 g/mol. The Hall–Kier alpha value is -1.92. The van der Waals surface area contributed by atoms with Gasteiger partial charge in [-0.15, -0.1) is 12.4 Å². The fourth-order valence-corrected chi connectivity index (χ4v) is 3.22. The number of H-pyrrole nitrogens is 1. The summed E-state index contributed by atoms with van der Waals surface area (Å²) in [6, 6.07) is 6.17. The van der Waals surface area contributed by atoms with Gasteiger partial charge < -0.3 is 15.6 Å². The Bertz CT molecular complexity index is 719. The summed E-state index contributed by atoms with van der Waals surface area (Å²) in [5, 5.41) is 0. The Morgan fingerprint density at radius 1 is 1.48 bits per heavy atom. The van der Waals surface area contributed by atoms with E-state index in [1.54, 1.807) is 12.3 Å². The average molecular weight is 367 g/mol. The summed E-state index contributed by atoms with van der Waals surface area (Å²) in [6.45, 7) is 2.57. The molecule has 0 spiro atoms. The number of imidazole rings is 1. The quantitative estimate of drug-likeness (QED) is 0.870. The maximum atomic E-state index is 13.4. The predicted molar refractivity (Wildman–Crippen MR) is 97.8 cm³/mol. The van der Waals surface area contributed by atoms with Gasteiger partial charge in [-0.1, -0.05) is 12.1 Å². The van der Waals surface area contributed by atoms with Gasteiger partial charge in [0.2, 0.25) is 5.91 Å². The largest absolute Gasteiger partial charge is 0.340 e. The van der Waals surface area contributed by atoms with E-state index in [0.717, 1.165) is 42.9 Å². The topological polar surface area (TPSA) is 75.0 Å². The lowest BCUT2D eigenvalue weighted by Crippen LogP contribution is -2.41. The van der Waals surface area contributed by atoms with Gasteiger partial charge in [-0.3, -0.25) is 4.79 Å². The number of rotatable bonds is 4. The van der Waals surface area contributed by atoms with Gasteiger partial charge in [0.25, 0.3) is 0 Å². The first-order valence-corrected chi connectivity index (χ1v) is 8.40. The summed E-state index contributed by atoms with van der Waals surface area (Å²) in [6.07, 6.45) is 4.98. The maximum Gasteiger partial charge on any atom is 0.224 e. The normalized spacial score (nSPS) is 18.5. The van der Waals surface area contributed by atoms with E-state index in [-0.39, 0.29) is 36.2 Å². The minimum atomic E-state index is -0.282. The molecule has 1 aromatic heterocycles. The molecular formula is C18H24ClFN4O. The lowest BCUT2D eigenvalue weighted by molar-refractivity contribution is -0.135. The van der Waals surface area contributed by atoms with Crippen molar-refractivity contribution in [2.75, 3.05) is 6.54 Å². The van der Waals surface area contributed by atoms with Crippen molar-refractivity contribution in [3.05, 3.63) is 42.1 Å². The number of nitrogens with two attached hydrogens (primary N) is 1. The van der Waals surface area contributed by atoms with Crippen molar-refractivity contribution >= 4 is 18.3 Å². The molecule has 1 amide bonds. The van der Waals surface area contributed by atoms with Gasteiger partial charge in [-0.25, -0.2) is 9.37 Å². The summed E-state index contributed by atoms with van der Waals surface area (Å²) in [5.41, 5.74) is 7.28. The number of piperidine rings is 1. The van der Waals surface area contributed by atoms with Gasteiger partial charge >= 0.3 is 0 Å². The molecule has 2 heterocycles. The SMILES string of the molecule is CC(N)CC(=O)N1CCCCC1c1ncc(-c2cccc(F)c2)[nH]1.Cl. The van der Waals surface area contributed by atoms with Crippen molar-refractivity contribution in [1.29, 1.82) is 0 Å². The highest BCUT2D eigenvalue weighted by atomic mass is 35.5. The molecule has 1 aliphatic heterocycles. The number of aromatic nitrogens is 2. The molecule has 2 unspecified atom stereocenters. The van der Waals surface area contributed by atoms with Crippen LogP contribution in [0.15, 0.2) is 30.5 Å². The molecule has 25 heavy (non-hydrogen) atoms. The van der Waals surface area contributed by atoms with E-state index in [0.29, 0.717) is 6.42 Å². The number of hydrogen-bond acceptors (Lipinski definition) is 3. The summed E-state index contributed by atoms with van der Waals surface area (Å²) in [4.78, 5) is 22.1. The predicted octanol–water partition coefficient (Wildman–Crippen LogP) is 3.43. The fraction of sp³-hybridized carbons (Fsp3) is 0.444. The van der Waals surface area contributed by atoms with E-state index in [1.165, 1.54) is 12.1 Å². The van der Waals surface area contributed by atoms with E-state index < -0.39 is 0 Å². The molecule has 0 aliphatic carbocycles. The number of aromatic amines is 1. The molecule has 3 rings (SSSR count). The van der Waals surface area contributed by atoms with Crippen molar-refractivity contribution in [1.82, 2.24) is 14.9 Å². The zero-order valence-corrected chi connectivity index (χ0v) is 15.1. The Kier molecular flexibility index (Phi) is 6.56. The lowest BCUT2D eigenvalue weighted by Gasteiger charge is -2.35. The van der Waals surface area contributed by atoms with Gasteiger partial charge in [0.15, 0.2) is 0 Å². The van der Waals surface area contributed by atoms with Gasteiger partial charge in [0, 0.05) is 24.6 Å². The highest BCUT2D eigenvalue weighted by Crippen LogP contribution is 2.31. The number of likely N-dealkylation sites (tertiary alicyclic amines) is 1. The van der Waals surface area contributed by atoms with Crippen LogP contribution < -0.4 is 5.73 Å². The first-order chi connectivity index (χ1) is 11.5. The van der Waals surface area contributed by atoms with E-state index >= 15 is 0 Å². The minimum absolute atomic E-state index is 0. The first-order valence-electron chi connectivity index (χ1n) is 8.40. The molecule has 1 saturated heterocycles. The third-order valence-electron chi connectivity index (χ3n) is 4.37. The number of nitrogens with one attached hydrogen (secondary N) is 1. The molecule has 0 bridgehead atoms. The van der Waals surface area contributed by atoms with Crippen LogP contribution in [0.4, 0.5) is 4.39 Å². The van der Waals surface area contributed by atoms with Crippen molar-refractivity contribution in [3.8, 4) is 11.3 Å². The average Bonchev–Trinajstić information content (AvgIpc) is 3.04. The fourth-order valence-electron chi connectivity index (χ4n) is 3.22. The van der Waals surface area contributed by atoms with E-state index in [2.05, 4.69) is 9.97 Å². The van der Waals surface area contributed by atoms with Gasteiger partial charge in [0.05, 0.1) is 17.9 Å². The zero-order valence-electron chi connectivity index (χ0n) is 14.2. The highest BCUT2D eigenvalue weighted by Gasteiger charge is 2.30. The van der Waals surface area contributed by atoms with Crippen molar-refractivity contribution in [3.63, 3.8) is 0 Å². The molecule has 1 aromatic carbocycles. The first kappa shape index (κ1) is 19.4. The Morgan fingerprint density at radius 3 is 3.00 bits per heavy atom. The summed E-state index contributed by atoms with van der Waals surface area (Å²) >= 11 is 0. The van der Waals surface area contributed by atoms with Crippen LogP contribution in [0.1, 0.15) is 44.5 Å². The summed E-state index contributed by atoms with van der Waals surface area (Å²) in [7, 11) is 0. The van der Waals surface area contributed by atoms with Crippen LogP contribution in [-0.4, -0.2) is 33.4 Å². The molecule has 1 aliphatic rings. The number of amides is 1. The molecule has 2 aromatic rings. The monoisotopic (exact) mass is 366 g/mol. The second kappa shape index (κ2) is 8.45. The molecule has 5 nitrogen and oxygen atoms in total. The third kappa shape index (κ3) is 4.58. The van der Waals surface area contributed by atoms with Gasteiger partial charge in [0.1, 0.15) is 11.6 Å². The Labute approximate surface area is 153 Å². The summed E-state index contributed by atoms with van der Waals surface area (Å²) in [5.74, 6) is 0.542. The molecule has 136 valence electrons. The lowest BCUT2D eigenvalue weighted by atomic mass is 10.0. The molecule has 0 saturated carbocycles. The van der Waals surface area contributed by atoms with Gasteiger partial charge in [-0.2, -0.15) is 0 Å². The molecule has 1 fully saturated rings. The highest BCUT2D eigenvalue weighted by molar-refractivity contribution is 5.85. The molecule has 0 radical (unpaired) electrons. The number of carbonyl (C=O) groups is 1. The maximum absolute atomic E-state index is 13.4. The summed E-state index contributed by atoms with van der Waals surface area (Å²) < 4.78 is 13.4. The van der Waals surface area contributed by atoms with E-state index in [1.807, 2.05) is 17.9 Å². The van der Waals surface area contributed by atoms with E-state index in [9.17, 15) is 9.18 Å². The van der Waals surface area contributed by atoms with Crippen molar-refractivity contribution in [2.45, 2.75) is 44.7 Å². The standard InChI is InChI=1S/C18H23FN4O.ClH/c1-12(20)9-17(24)23-8-3-2-7-16(23)18-21-11-15(22-18)13-5-4-6-14(19)10-13;/h4-6,10-12,16H,2-3,7-9,20H2,1H3,(H,21,22);1H. The molecule has 7 heteroatoms. The molecule has 2 atom stereocenters. The second-order valence-corrected chi connectivity index (χ2v) is 6.47. The van der Waals surface area contributed by atoms with Crippen LogP contribution in [0.25, 0.3) is 11.3 Å². The van der Waals surface area contributed by atoms with E-state index in [4.69, 9.17) is 5.73 Å². The Morgan fingerprint density at radius 2 is 2.28 bits per heavy atom. The number of hydrogen-bond donors (Lipinski definition) is 2. The van der Waals surface area contributed by atoms with Crippen LogP contribution in [0.5, 0.6) is 0 Å².